The van der Waals surface area contributed by atoms with Crippen molar-refractivity contribution in [1.82, 2.24) is 37.2 Å². The van der Waals surface area contributed by atoms with Crippen LogP contribution in [0.2, 0.25) is 0 Å². The Labute approximate surface area is 359 Å². The van der Waals surface area contributed by atoms with Gasteiger partial charge in [-0.25, -0.2) is 4.79 Å². The zero-order chi connectivity index (χ0) is 46.4. The standard InChI is InChI=1S/C42H57N9O11/c1-24(2)19-29(41(60)51-37(25(3)4)38(44)57)49-40(59)30(20-26-11-7-5-8-12-26)50-39(58)28(15-16-32(43)52)47-34(54)18-17-33(53)45-22-35(55)46-23-36(56)48-31(42(61)62)21-27-13-9-6-10-14-27/h5-14,17-18,24-25,28-31,37H,15-16,19-23H2,1-4H3,(H2,43,52)(H2,44,57)(H,45,53)(H,46,55)(H,47,54)(H,48,56)(H,49,59)(H,50,58)(H,51,60)(H,61,62)/b18-17+/t28-,29-,30-,31-,37-/m0/s1. The van der Waals surface area contributed by atoms with Crippen molar-refractivity contribution < 1.29 is 53.1 Å². The summed E-state index contributed by atoms with van der Waals surface area (Å²) in [6.07, 6.45) is 0.962. The first kappa shape index (κ1) is 51.0. The van der Waals surface area contributed by atoms with Crippen LogP contribution in [0.25, 0.3) is 0 Å². The Kier molecular flexibility index (Phi) is 21.5. The van der Waals surface area contributed by atoms with Crippen molar-refractivity contribution in [2.24, 2.45) is 23.3 Å². The van der Waals surface area contributed by atoms with Gasteiger partial charge in [-0.1, -0.05) is 88.4 Å². The van der Waals surface area contributed by atoms with E-state index >= 15 is 0 Å². The van der Waals surface area contributed by atoms with Crippen LogP contribution in [0.4, 0.5) is 0 Å². The highest BCUT2D eigenvalue weighted by Gasteiger charge is 2.32. The number of carbonyl (C=O) groups is 10. The zero-order valence-electron chi connectivity index (χ0n) is 35.1. The molecule has 2 rings (SSSR count). The summed E-state index contributed by atoms with van der Waals surface area (Å²) in [7, 11) is 0. The maximum absolute atomic E-state index is 13.8. The summed E-state index contributed by atoms with van der Waals surface area (Å²) in [4.78, 5) is 126. The summed E-state index contributed by atoms with van der Waals surface area (Å²) in [6.45, 7) is 5.82. The van der Waals surface area contributed by atoms with Crippen molar-refractivity contribution in [3.05, 3.63) is 83.9 Å². The van der Waals surface area contributed by atoms with Gasteiger partial charge in [0.05, 0.1) is 13.1 Å². The van der Waals surface area contributed by atoms with E-state index in [0.717, 1.165) is 12.2 Å². The minimum atomic E-state index is -1.45. The van der Waals surface area contributed by atoms with Crippen LogP contribution in [0.1, 0.15) is 58.1 Å². The number of carbonyl (C=O) groups excluding carboxylic acids is 9. The van der Waals surface area contributed by atoms with Crippen LogP contribution in [0.15, 0.2) is 72.8 Å². The molecular weight excluding hydrogens is 807 g/mol. The molecule has 20 nitrogen and oxygen atoms in total. The first-order valence-corrected chi connectivity index (χ1v) is 19.9. The molecule has 2 aromatic carbocycles. The summed E-state index contributed by atoms with van der Waals surface area (Å²) in [5.41, 5.74) is 12.1. The van der Waals surface area contributed by atoms with Gasteiger partial charge in [0.1, 0.15) is 30.2 Å². The fraction of sp³-hybridized carbons (Fsp3) is 0.429. The average Bonchev–Trinajstić information content (AvgIpc) is 3.21. The number of aliphatic carboxylic acids is 1. The van der Waals surface area contributed by atoms with Gasteiger partial charge < -0.3 is 53.8 Å². The highest BCUT2D eigenvalue weighted by molar-refractivity contribution is 6.00. The molecule has 0 fully saturated rings. The van der Waals surface area contributed by atoms with E-state index in [2.05, 4.69) is 37.2 Å². The zero-order valence-corrected chi connectivity index (χ0v) is 35.1. The second kappa shape index (κ2) is 26.2. The van der Waals surface area contributed by atoms with Gasteiger partial charge in [-0.15, -0.1) is 0 Å². The molecule has 20 heteroatoms. The van der Waals surface area contributed by atoms with Crippen LogP contribution in [0.5, 0.6) is 0 Å². The van der Waals surface area contributed by atoms with Crippen molar-refractivity contribution in [3.8, 4) is 0 Å². The molecule has 0 spiro atoms. The Morgan fingerprint density at radius 2 is 1.08 bits per heavy atom. The van der Waals surface area contributed by atoms with Crippen molar-refractivity contribution in [3.63, 3.8) is 0 Å². The minimum absolute atomic E-state index is 0.00934. The van der Waals surface area contributed by atoms with Gasteiger partial charge >= 0.3 is 5.97 Å². The Morgan fingerprint density at radius 3 is 1.60 bits per heavy atom. The number of hydrogen-bond acceptors (Lipinski definition) is 10. The van der Waals surface area contributed by atoms with Crippen molar-refractivity contribution in [2.75, 3.05) is 13.1 Å². The van der Waals surface area contributed by atoms with Gasteiger partial charge in [0.15, 0.2) is 0 Å². The van der Waals surface area contributed by atoms with E-state index in [9.17, 15) is 53.1 Å². The summed E-state index contributed by atoms with van der Waals surface area (Å²) < 4.78 is 0. The quantitative estimate of drug-likeness (QED) is 0.0472. The van der Waals surface area contributed by atoms with Crippen LogP contribution in [0, 0.1) is 11.8 Å². The molecular formula is C42H57N9O11. The number of benzene rings is 2. The van der Waals surface area contributed by atoms with Crippen LogP contribution in [-0.4, -0.2) is 108 Å². The maximum atomic E-state index is 13.8. The molecule has 9 amide bonds. The molecule has 0 aliphatic rings. The third kappa shape index (κ3) is 19.8. The van der Waals surface area contributed by atoms with Crippen molar-refractivity contribution in [2.45, 2.75) is 90.0 Å². The molecule has 0 saturated heterocycles. The first-order chi connectivity index (χ1) is 29.2. The molecule has 0 radical (unpaired) electrons. The number of amides is 9. The molecule has 336 valence electrons. The van der Waals surface area contributed by atoms with E-state index in [-0.39, 0.29) is 43.9 Å². The van der Waals surface area contributed by atoms with Gasteiger partial charge in [-0.3, -0.25) is 43.2 Å². The van der Waals surface area contributed by atoms with Crippen LogP contribution < -0.4 is 48.7 Å². The molecule has 62 heavy (non-hydrogen) atoms. The smallest absolute Gasteiger partial charge is 0.326 e. The van der Waals surface area contributed by atoms with Gasteiger partial charge in [-0.2, -0.15) is 0 Å². The molecule has 12 N–H and O–H groups in total. The Morgan fingerprint density at radius 1 is 0.581 bits per heavy atom. The Balaban J connectivity index is 2.09. The Bertz CT molecular complexity index is 1920. The highest BCUT2D eigenvalue weighted by atomic mass is 16.4. The first-order valence-electron chi connectivity index (χ1n) is 19.9. The SMILES string of the molecule is CC(C)C[C@H](NC(=O)[C@H](Cc1ccccc1)NC(=O)[C@H](CCC(N)=O)NC(=O)/C=C/C(=O)NCC(=O)NCC(=O)N[C@@H](Cc1ccccc1)C(=O)O)C(=O)N[C@H](C(N)=O)C(C)C. The topological polar surface area (TPSA) is 327 Å². The number of nitrogens with two attached hydrogens (primary N) is 2. The number of carboxylic acid groups (broad SMARTS) is 1. The van der Waals surface area contributed by atoms with Gasteiger partial charge in [-0.05, 0) is 35.8 Å². The van der Waals surface area contributed by atoms with E-state index in [1.165, 1.54) is 0 Å². The molecule has 0 bridgehead atoms. The average molecular weight is 864 g/mol. The molecule has 5 atom stereocenters. The molecule has 0 aromatic heterocycles. The molecule has 0 aliphatic heterocycles. The van der Waals surface area contributed by atoms with Crippen LogP contribution in [-0.2, 0) is 60.8 Å². The lowest BCUT2D eigenvalue weighted by molar-refractivity contribution is -0.141. The monoisotopic (exact) mass is 863 g/mol. The summed E-state index contributed by atoms with van der Waals surface area (Å²) in [5.74, 6) is -9.08. The lowest BCUT2D eigenvalue weighted by atomic mass is 9.99. The summed E-state index contributed by atoms with van der Waals surface area (Å²) >= 11 is 0. The maximum Gasteiger partial charge on any atom is 0.326 e. The second-order valence-electron chi connectivity index (χ2n) is 15.1. The van der Waals surface area contributed by atoms with E-state index in [1.54, 1.807) is 74.5 Å². The number of nitrogens with one attached hydrogen (secondary N) is 7. The number of rotatable bonds is 26. The number of primary amides is 2. The van der Waals surface area contributed by atoms with Crippen LogP contribution in [0.3, 0.4) is 0 Å². The fourth-order valence-corrected chi connectivity index (χ4v) is 5.82. The van der Waals surface area contributed by atoms with Gasteiger partial charge in [0.25, 0.3) is 0 Å². The van der Waals surface area contributed by atoms with E-state index in [4.69, 9.17) is 11.5 Å². The van der Waals surface area contributed by atoms with E-state index < -0.39 is 102 Å². The van der Waals surface area contributed by atoms with E-state index in [1.807, 2.05) is 13.8 Å². The van der Waals surface area contributed by atoms with Crippen LogP contribution >= 0.6 is 0 Å². The summed E-state index contributed by atoms with van der Waals surface area (Å²) in [5, 5.41) is 26.4. The fourth-order valence-electron chi connectivity index (χ4n) is 5.82. The van der Waals surface area contributed by atoms with E-state index in [0.29, 0.717) is 11.1 Å². The lowest BCUT2D eigenvalue weighted by Gasteiger charge is -2.27. The summed E-state index contributed by atoms with van der Waals surface area (Å²) in [6, 6.07) is 11.0. The van der Waals surface area contributed by atoms with Crippen molar-refractivity contribution >= 4 is 59.1 Å². The highest BCUT2D eigenvalue weighted by Crippen LogP contribution is 2.11. The largest absolute Gasteiger partial charge is 0.480 e. The normalized spacial score (nSPS) is 13.4. The second-order valence-corrected chi connectivity index (χ2v) is 15.1. The third-order valence-corrected chi connectivity index (χ3v) is 9.01. The molecule has 0 heterocycles. The predicted molar refractivity (Wildman–Crippen MR) is 225 cm³/mol. The predicted octanol–water partition coefficient (Wildman–Crippen LogP) is -1.78. The lowest BCUT2D eigenvalue weighted by Crippen LogP contribution is -2.59. The van der Waals surface area contributed by atoms with Gasteiger partial charge in [0, 0.05) is 31.4 Å². The Hall–Kier alpha value is -7.12. The molecule has 2 aromatic rings. The minimum Gasteiger partial charge on any atom is -0.480 e. The molecule has 0 aliphatic carbocycles. The van der Waals surface area contributed by atoms with Gasteiger partial charge in [0.2, 0.25) is 53.2 Å². The van der Waals surface area contributed by atoms with Crippen molar-refractivity contribution in [1.29, 1.82) is 0 Å². The molecule has 0 unspecified atom stereocenters. The number of carboxylic acids is 1. The third-order valence-electron chi connectivity index (χ3n) is 9.01. The number of hydrogen-bond donors (Lipinski definition) is 10. The molecule has 0 saturated carbocycles.